The summed E-state index contributed by atoms with van der Waals surface area (Å²) in [4.78, 5) is 27.2. The van der Waals surface area contributed by atoms with Crippen molar-refractivity contribution in [1.29, 1.82) is 0 Å². The number of rotatable bonds is 5. The molecule has 0 unspecified atom stereocenters. The molecule has 160 valence electrons. The minimum atomic E-state index is -0.0695. The van der Waals surface area contributed by atoms with E-state index in [2.05, 4.69) is 20.9 Å². The summed E-state index contributed by atoms with van der Waals surface area (Å²) in [5.74, 6) is 1.30. The van der Waals surface area contributed by atoms with E-state index >= 15 is 0 Å². The zero-order chi connectivity index (χ0) is 21.2. The number of nitrogen functional groups attached to an aromatic ring is 1. The van der Waals surface area contributed by atoms with Crippen molar-refractivity contribution >= 4 is 5.69 Å². The second-order valence-corrected chi connectivity index (χ2v) is 8.45. The Morgan fingerprint density at radius 2 is 1.94 bits per heavy atom. The van der Waals surface area contributed by atoms with Gasteiger partial charge in [-0.1, -0.05) is 6.07 Å². The van der Waals surface area contributed by atoms with Crippen LogP contribution in [0.4, 0.5) is 5.69 Å². The highest BCUT2D eigenvalue weighted by atomic mass is 16.5. The molecular formula is C24H27N5O2. The summed E-state index contributed by atoms with van der Waals surface area (Å²) >= 11 is 0. The first kappa shape index (κ1) is 19.8. The molecule has 0 amide bonds. The van der Waals surface area contributed by atoms with Crippen molar-refractivity contribution in [3.8, 4) is 17.3 Å². The fourth-order valence-corrected chi connectivity index (χ4v) is 4.40. The number of aromatic amines is 1. The number of H-pyrrole nitrogens is 1. The van der Waals surface area contributed by atoms with Gasteiger partial charge in [-0.3, -0.25) is 9.69 Å². The van der Waals surface area contributed by atoms with Crippen LogP contribution in [0, 0.1) is 0 Å². The van der Waals surface area contributed by atoms with Gasteiger partial charge in [0.2, 0.25) is 5.88 Å². The van der Waals surface area contributed by atoms with Crippen LogP contribution in [-0.4, -0.2) is 32.5 Å². The molecule has 0 spiro atoms. The second kappa shape index (κ2) is 8.51. The summed E-state index contributed by atoms with van der Waals surface area (Å²) in [6.45, 7) is 2.18. The van der Waals surface area contributed by atoms with Crippen molar-refractivity contribution in [2.75, 3.05) is 12.3 Å². The van der Waals surface area contributed by atoms with E-state index in [1.165, 1.54) is 12.8 Å². The van der Waals surface area contributed by atoms with Gasteiger partial charge in [-0.15, -0.1) is 0 Å². The molecule has 0 radical (unpaired) electrons. The molecule has 1 aliphatic heterocycles. The minimum absolute atomic E-state index is 0.0695. The lowest BCUT2D eigenvalue weighted by Gasteiger charge is -2.27. The summed E-state index contributed by atoms with van der Waals surface area (Å²) in [7, 11) is 0. The van der Waals surface area contributed by atoms with Gasteiger partial charge < -0.3 is 15.5 Å². The Hall–Kier alpha value is -3.19. The predicted octanol–water partition coefficient (Wildman–Crippen LogP) is 3.29. The van der Waals surface area contributed by atoms with Gasteiger partial charge in [0.25, 0.3) is 5.56 Å². The fourth-order valence-electron chi connectivity index (χ4n) is 4.40. The molecule has 1 aromatic carbocycles. The van der Waals surface area contributed by atoms with Gasteiger partial charge in [0.15, 0.2) is 0 Å². The number of pyridine rings is 1. The van der Waals surface area contributed by atoms with Crippen LogP contribution in [-0.2, 0) is 19.5 Å². The zero-order valence-electron chi connectivity index (χ0n) is 17.5. The Morgan fingerprint density at radius 3 is 2.68 bits per heavy atom. The lowest BCUT2D eigenvalue weighted by Crippen LogP contribution is -2.35. The Labute approximate surface area is 181 Å². The van der Waals surface area contributed by atoms with Gasteiger partial charge in [-0.2, -0.15) is 0 Å². The van der Waals surface area contributed by atoms with Gasteiger partial charge in [-0.05, 0) is 55.5 Å². The number of aromatic nitrogens is 3. The molecule has 1 fully saturated rings. The van der Waals surface area contributed by atoms with Gasteiger partial charge in [0, 0.05) is 49.6 Å². The second-order valence-electron chi connectivity index (χ2n) is 8.45. The molecule has 2 aliphatic rings. The highest BCUT2D eigenvalue weighted by molar-refractivity contribution is 5.58. The molecule has 1 saturated carbocycles. The Morgan fingerprint density at radius 1 is 1.13 bits per heavy atom. The van der Waals surface area contributed by atoms with Crippen LogP contribution in [0.15, 0.2) is 47.4 Å². The average molecular weight is 418 g/mol. The lowest BCUT2D eigenvalue weighted by molar-refractivity contribution is 0.201. The summed E-state index contributed by atoms with van der Waals surface area (Å²) in [5.41, 5.74) is 9.99. The maximum absolute atomic E-state index is 12.8. The normalized spacial score (nSPS) is 16.9. The van der Waals surface area contributed by atoms with Crippen LogP contribution in [0.25, 0.3) is 11.4 Å². The van der Waals surface area contributed by atoms with Crippen molar-refractivity contribution in [3.63, 3.8) is 0 Å². The number of hydrogen-bond donors (Lipinski definition) is 2. The Kier molecular flexibility index (Phi) is 5.42. The molecule has 1 aliphatic carbocycles. The summed E-state index contributed by atoms with van der Waals surface area (Å²) in [6, 6.07) is 11.4. The minimum Gasteiger partial charge on any atom is -0.474 e. The van der Waals surface area contributed by atoms with Crippen LogP contribution in [0.1, 0.15) is 42.5 Å². The molecule has 3 N–H and O–H groups in total. The van der Waals surface area contributed by atoms with E-state index in [0.29, 0.717) is 30.0 Å². The van der Waals surface area contributed by atoms with Crippen molar-refractivity contribution in [3.05, 3.63) is 69.8 Å². The Bertz CT molecular complexity index is 1100. The predicted molar refractivity (Wildman–Crippen MR) is 120 cm³/mol. The first-order valence-corrected chi connectivity index (χ1v) is 11.0. The zero-order valence-corrected chi connectivity index (χ0v) is 17.5. The maximum Gasteiger partial charge on any atom is 0.255 e. The number of hydrogen-bond acceptors (Lipinski definition) is 6. The van der Waals surface area contributed by atoms with E-state index in [9.17, 15) is 4.79 Å². The van der Waals surface area contributed by atoms with E-state index in [1.54, 1.807) is 0 Å². The quantitative estimate of drug-likeness (QED) is 0.619. The molecule has 7 heteroatoms. The molecule has 2 aromatic heterocycles. The number of nitrogens with zero attached hydrogens (tertiary/aromatic N) is 3. The largest absolute Gasteiger partial charge is 0.474 e. The first-order chi connectivity index (χ1) is 15.1. The van der Waals surface area contributed by atoms with Crippen molar-refractivity contribution in [2.24, 2.45) is 0 Å². The number of fused-ring (bicyclic) bond motifs is 1. The monoisotopic (exact) mass is 417 g/mol. The molecule has 0 bridgehead atoms. The van der Waals surface area contributed by atoms with Crippen LogP contribution in [0.2, 0.25) is 0 Å². The fraction of sp³-hybridized carbons (Fsp3) is 0.375. The third-order valence-electron chi connectivity index (χ3n) is 6.13. The summed E-state index contributed by atoms with van der Waals surface area (Å²) in [6.07, 6.45) is 7.68. The van der Waals surface area contributed by atoms with Crippen molar-refractivity contribution in [1.82, 2.24) is 19.9 Å². The smallest absolute Gasteiger partial charge is 0.255 e. The van der Waals surface area contributed by atoms with Gasteiger partial charge >= 0.3 is 0 Å². The molecule has 0 atom stereocenters. The number of benzene rings is 1. The van der Waals surface area contributed by atoms with Gasteiger partial charge in [0.05, 0.1) is 11.3 Å². The molecule has 3 aromatic rings. The topological polar surface area (TPSA) is 97.1 Å². The van der Waals surface area contributed by atoms with Crippen molar-refractivity contribution in [2.45, 2.75) is 51.3 Å². The van der Waals surface area contributed by atoms with Gasteiger partial charge in [0.1, 0.15) is 11.9 Å². The number of ether oxygens (including phenoxy) is 1. The summed E-state index contributed by atoms with van der Waals surface area (Å²) in [5, 5.41) is 0. The van der Waals surface area contributed by atoms with Crippen LogP contribution >= 0.6 is 0 Å². The van der Waals surface area contributed by atoms with E-state index < -0.39 is 0 Å². The molecular weight excluding hydrogens is 390 g/mol. The van der Waals surface area contributed by atoms with Crippen LogP contribution in [0.5, 0.6) is 5.88 Å². The standard InChI is InChI=1S/C24H27N5O2/c25-18-8-6-17(7-9-18)23-27-21-11-12-29(15-20(21)24(30)28-23)14-16-5-10-22(26-13-16)31-19-3-1-2-4-19/h5-10,13,19H,1-4,11-12,14-15,25H2,(H,27,28,30). The highest BCUT2D eigenvalue weighted by Gasteiger charge is 2.22. The third-order valence-corrected chi connectivity index (χ3v) is 6.13. The van der Waals surface area contributed by atoms with Crippen LogP contribution < -0.4 is 16.0 Å². The summed E-state index contributed by atoms with van der Waals surface area (Å²) < 4.78 is 5.95. The number of nitrogens with one attached hydrogen (secondary N) is 1. The lowest BCUT2D eigenvalue weighted by atomic mass is 10.1. The van der Waals surface area contributed by atoms with Crippen LogP contribution in [0.3, 0.4) is 0 Å². The molecule has 7 nitrogen and oxygen atoms in total. The highest BCUT2D eigenvalue weighted by Crippen LogP contribution is 2.24. The number of anilines is 1. The number of nitrogens with two attached hydrogens (primary N) is 1. The SMILES string of the molecule is Nc1ccc(-c2nc3c(c(=O)[nH]2)CN(Cc2ccc(OC4CCCC4)nc2)CC3)cc1. The van der Waals surface area contributed by atoms with E-state index in [0.717, 1.165) is 54.7 Å². The van der Waals surface area contributed by atoms with E-state index in [-0.39, 0.29) is 5.56 Å². The molecule has 3 heterocycles. The van der Waals surface area contributed by atoms with E-state index in [1.807, 2.05) is 36.5 Å². The third kappa shape index (κ3) is 4.46. The van der Waals surface area contributed by atoms with E-state index in [4.69, 9.17) is 15.5 Å². The van der Waals surface area contributed by atoms with Gasteiger partial charge in [-0.25, -0.2) is 9.97 Å². The first-order valence-electron chi connectivity index (χ1n) is 11.0. The molecule has 31 heavy (non-hydrogen) atoms. The maximum atomic E-state index is 12.8. The van der Waals surface area contributed by atoms with Crippen molar-refractivity contribution < 1.29 is 4.74 Å². The molecule has 0 saturated heterocycles. The Balaban J connectivity index is 1.26. The molecule has 5 rings (SSSR count). The average Bonchev–Trinajstić information content (AvgIpc) is 3.29.